The lowest BCUT2D eigenvalue weighted by Crippen LogP contribution is -2.14. The minimum atomic E-state index is -0.601. The summed E-state index contributed by atoms with van der Waals surface area (Å²) in [5.74, 6) is -0.856. The van der Waals surface area contributed by atoms with Crippen molar-refractivity contribution >= 4 is 22.7 Å². The summed E-state index contributed by atoms with van der Waals surface area (Å²) in [6.07, 6.45) is 3.06. The van der Waals surface area contributed by atoms with Gasteiger partial charge in [-0.05, 0) is 12.1 Å². The largest absolute Gasteiger partial charge is 0.453 e. The third-order valence-electron chi connectivity index (χ3n) is 2.94. The molecule has 0 aliphatic heterocycles. The standard InChI is InChI=1S/C14H11N3O3/c18-13(8-20-14(19)12-5-6-16-17-12)10-7-15-11-4-2-1-3-9(10)11/h1-7,15H,8H2,(H,16,17). The number of carbonyl (C=O) groups excluding carboxylic acids is 2. The van der Waals surface area contributed by atoms with Crippen LogP contribution in [0.1, 0.15) is 20.8 Å². The normalized spacial score (nSPS) is 10.6. The molecule has 0 unspecified atom stereocenters. The lowest BCUT2D eigenvalue weighted by molar-refractivity contribution is 0.0469. The Hall–Kier alpha value is -2.89. The van der Waals surface area contributed by atoms with Gasteiger partial charge in [-0.1, -0.05) is 18.2 Å². The van der Waals surface area contributed by atoms with Gasteiger partial charge in [0.15, 0.2) is 6.61 Å². The van der Waals surface area contributed by atoms with Gasteiger partial charge in [0.2, 0.25) is 5.78 Å². The van der Waals surface area contributed by atoms with Crippen LogP contribution >= 0.6 is 0 Å². The molecule has 3 rings (SSSR count). The van der Waals surface area contributed by atoms with Gasteiger partial charge in [-0.25, -0.2) is 4.79 Å². The number of para-hydroxylation sites is 1. The Labute approximate surface area is 113 Å². The van der Waals surface area contributed by atoms with E-state index in [1.54, 1.807) is 6.20 Å². The van der Waals surface area contributed by atoms with E-state index >= 15 is 0 Å². The maximum atomic E-state index is 12.1. The summed E-state index contributed by atoms with van der Waals surface area (Å²) in [5, 5.41) is 6.94. The number of aromatic nitrogens is 3. The zero-order valence-electron chi connectivity index (χ0n) is 10.4. The molecule has 20 heavy (non-hydrogen) atoms. The Bertz CT molecular complexity index is 759. The molecule has 0 spiro atoms. The molecule has 0 aliphatic carbocycles. The Morgan fingerprint density at radius 1 is 1.20 bits per heavy atom. The number of hydrogen-bond donors (Lipinski definition) is 2. The van der Waals surface area contributed by atoms with Gasteiger partial charge in [0.05, 0.1) is 0 Å². The van der Waals surface area contributed by atoms with E-state index in [9.17, 15) is 9.59 Å². The Kier molecular flexibility index (Phi) is 3.04. The summed E-state index contributed by atoms with van der Waals surface area (Å²) in [4.78, 5) is 26.7. The van der Waals surface area contributed by atoms with Crippen molar-refractivity contribution in [2.75, 3.05) is 6.61 Å². The van der Waals surface area contributed by atoms with E-state index < -0.39 is 5.97 Å². The summed E-state index contributed by atoms with van der Waals surface area (Å²) in [5.41, 5.74) is 1.60. The first kappa shape index (κ1) is 12.2. The van der Waals surface area contributed by atoms with E-state index in [1.165, 1.54) is 12.3 Å². The molecule has 1 aromatic carbocycles. The number of nitrogens with zero attached hydrogens (tertiary/aromatic N) is 1. The molecule has 0 atom stereocenters. The monoisotopic (exact) mass is 269 g/mol. The molecule has 6 heteroatoms. The van der Waals surface area contributed by atoms with E-state index in [-0.39, 0.29) is 18.1 Å². The van der Waals surface area contributed by atoms with Crippen LogP contribution in [0, 0.1) is 0 Å². The predicted molar refractivity (Wildman–Crippen MR) is 71.5 cm³/mol. The lowest BCUT2D eigenvalue weighted by Gasteiger charge is -2.01. The molecule has 2 N–H and O–H groups in total. The summed E-state index contributed by atoms with van der Waals surface area (Å²) >= 11 is 0. The maximum Gasteiger partial charge on any atom is 0.356 e. The molecule has 0 amide bonds. The van der Waals surface area contributed by atoms with E-state index in [4.69, 9.17) is 4.74 Å². The number of aromatic amines is 2. The van der Waals surface area contributed by atoms with E-state index in [0.717, 1.165) is 10.9 Å². The smallest absolute Gasteiger partial charge is 0.356 e. The highest BCUT2D eigenvalue weighted by Crippen LogP contribution is 2.18. The molecular weight excluding hydrogens is 258 g/mol. The molecule has 2 aromatic heterocycles. The van der Waals surface area contributed by atoms with Crippen molar-refractivity contribution < 1.29 is 14.3 Å². The minimum Gasteiger partial charge on any atom is -0.453 e. The average molecular weight is 269 g/mol. The second kappa shape index (κ2) is 5.00. The first-order chi connectivity index (χ1) is 9.75. The molecule has 3 aromatic rings. The van der Waals surface area contributed by atoms with Crippen LogP contribution < -0.4 is 0 Å². The predicted octanol–water partition coefficient (Wildman–Crippen LogP) is 1.93. The van der Waals surface area contributed by atoms with E-state index in [2.05, 4.69) is 15.2 Å². The van der Waals surface area contributed by atoms with Crippen molar-refractivity contribution in [3.05, 3.63) is 54.0 Å². The summed E-state index contributed by atoms with van der Waals surface area (Å²) in [7, 11) is 0. The Morgan fingerprint density at radius 2 is 2.05 bits per heavy atom. The van der Waals surface area contributed by atoms with Crippen molar-refractivity contribution in [1.82, 2.24) is 15.2 Å². The number of fused-ring (bicyclic) bond motifs is 1. The Morgan fingerprint density at radius 3 is 2.85 bits per heavy atom. The second-order valence-corrected chi connectivity index (χ2v) is 4.22. The van der Waals surface area contributed by atoms with Gasteiger partial charge in [-0.3, -0.25) is 9.89 Å². The van der Waals surface area contributed by atoms with Crippen molar-refractivity contribution in [1.29, 1.82) is 0 Å². The van der Waals surface area contributed by atoms with Gasteiger partial charge in [0.25, 0.3) is 0 Å². The molecule has 100 valence electrons. The Balaban J connectivity index is 1.72. The fourth-order valence-corrected chi connectivity index (χ4v) is 1.96. The zero-order valence-corrected chi connectivity index (χ0v) is 10.4. The fourth-order valence-electron chi connectivity index (χ4n) is 1.96. The highest BCUT2D eigenvalue weighted by molar-refractivity contribution is 6.09. The summed E-state index contributed by atoms with van der Waals surface area (Å²) in [6.45, 7) is -0.306. The van der Waals surface area contributed by atoms with Crippen LogP contribution in [0.5, 0.6) is 0 Å². The SMILES string of the molecule is O=C(OCC(=O)c1c[nH]c2ccccc12)c1ccn[nH]1. The van der Waals surface area contributed by atoms with Crippen LogP contribution in [0.4, 0.5) is 0 Å². The molecule has 0 saturated heterocycles. The molecular formula is C14H11N3O3. The highest BCUT2D eigenvalue weighted by atomic mass is 16.5. The van der Waals surface area contributed by atoms with Crippen LogP contribution in [0.2, 0.25) is 0 Å². The van der Waals surface area contributed by atoms with Crippen molar-refractivity contribution in [3.8, 4) is 0 Å². The lowest BCUT2D eigenvalue weighted by atomic mass is 10.1. The zero-order chi connectivity index (χ0) is 13.9. The minimum absolute atomic E-state index is 0.219. The highest BCUT2D eigenvalue weighted by Gasteiger charge is 2.15. The number of Topliss-reactive ketones (excluding diaryl/α,β-unsaturated/α-hetero) is 1. The quantitative estimate of drug-likeness (QED) is 0.559. The average Bonchev–Trinajstić information content (AvgIpc) is 3.13. The van der Waals surface area contributed by atoms with Crippen LogP contribution in [-0.4, -0.2) is 33.5 Å². The fraction of sp³-hybridized carbons (Fsp3) is 0.0714. The van der Waals surface area contributed by atoms with Gasteiger partial charge < -0.3 is 9.72 Å². The molecule has 6 nitrogen and oxygen atoms in total. The van der Waals surface area contributed by atoms with Crippen LogP contribution in [0.25, 0.3) is 10.9 Å². The second-order valence-electron chi connectivity index (χ2n) is 4.22. The molecule has 2 heterocycles. The summed E-state index contributed by atoms with van der Waals surface area (Å²) < 4.78 is 4.95. The molecule has 0 saturated carbocycles. The number of hydrogen-bond acceptors (Lipinski definition) is 4. The first-order valence-electron chi connectivity index (χ1n) is 6.01. The van der Waals surface area contributed by atoms with E-state index in [0.29, 0.717) is 5.56 Å². The van der Waals surface area contributed by atoms with Crippen molar-refractivity contribution in [2.24, 2.45) is 0 Å². The van der Waals surface area contributed by atoms with Crippen LogP contribution in [0.15, 0.2) is 42.7 Å². The third kappa shape index (κ3) is 2.18. The first-order valence-corrected chi connectivity index (χ1v) is 6.01. The van der Waals surface area contributed by atoms with Gasteiger partial charge in [-0.15, -0.1) is 0 Å². The molecule has 0 bridgehead atoms. The number of esters is 1. The third-order valence-corrected chi connectivity index (χ3v) is 2.94. The van der Waals surface area contributed by atoms with Crippen molar-refractivity contribution in [2.45, 2.75) is 0 Å². The van der Waals surface area contributed by atoms with Crippen LogP contribution in [0.3, 0.4) is 0 Å². The van der Waals surface area contributed by atoms with Gasteiger partial charge in [0.1, 0.15) is 5.69 Å². The number of rotatable bonds is 4. The summed E-state index contributed by atoms with van der Waals surface area (Å²) in [6, 6.07) is 8.94. The number of carbonyl (C=O) groups is 2. The number of H-pyrrole nitrogens is 2. The number of benzene rings is 1. The van der Waals surface area contributed by atoms with Gasteiger partial charge in [0, 0.05) is 28.9 Å². The van der Waals surface area contributed by atoms with Crippen LogP contribution in [-0.2, 0) is 4.74 Å². The van der Waals surface area contributed by atoms with Crippen molar-refractivity contribution in [3.63, 3.8) is 0 Å². The topological polar surface area (TPSA) is 87.8 Å². The van der Waals surface area contributed by atoms with Gasteiger partial charge in [-0.2, -0.15) is 5.10 Å². The maximum absolute atomic E-state index is 12.1. The van der Waals surface area contributed by atoms with E-state index in [1.807, 2.05) is 24.3 Å². The molecule has 0 radical (unpaired) electrons. The number of ether oxygens (including phenoxy) is 1. The molecule has 0 aliphatic rings. The van der Waals surface area contributed by atoms with Gasteiger partial charge >= 0.3 is 5.97 Å². The number of ketones is 1. The molecule has 0 fully saturated rings. The number of nitrogens with one attached hydrogen (secondary N) is 2.